The van der Waals surface area contributed by atoms with E-state index >= 15 is 0 Å². The normalized spacial score (nSPS) is 12.6. The van der Waals surface area contributed by atoms with Gasteiger partial charge in [-0.15, -0.1) is 0 Å². The third-order valence-corrected chi connectivity index (χ3v) is 2.01. The Hall–Kier alpha value is -1.16. The van der Waals surface area contributed by atoms with E-state index in [1.807, 2.05) is 0 Å². The van der Waals surface area contributed by atoms with Crippen LogP contribution in [0.5, 0.6) is 5.75 Å². The van der Waals surface area contributed by atoms with Gasteiger partial charge in [-0.05, 0) is 24.6 Å². The van der Waals surface area contributed by atoms with Gasteiger partial charge in [-0.1, -0.05) is 0 Å². The second-order valence-corrected chi connectivity index (χ2v) is 2.97. The molecular weight excluding hydrogens is 188 g/mol. The zero-order valence-corrected chi connectivity index (χ0v) is 7.97. The number of hydrogen-bond donors (Lipinski definition) is 1. The molecule has 1 aromatic carbocycles. The summed E-state index contributed by atoms with van der Waals surface area (Å²) in [5, 5.41) is 0. The Bertz CT molecular complexity index is 304. The summed E-state index contributed by atoms with van der Waals surface area (Å²) in [6.45, 7) is -0.527. The SMILES string of the molecule is COc1ccc(F)cc1[C@H](N)CCF. The molecule has 14 heavy (non-hydrogen) atoms. The van der Waals surface area contributed by atoms with Gasteiger partial charge in [0.05, 0.1) is 13.8 Å². The van der Waals surface area contributed by atoms with E-state index in [4.69, 9.17) is 10.5 Å². The minimum absolute atomic E-state index is 0.166. The van der Waals surface area contributed by atoms with E-state index in [1.165, 1.54) is 25.3 Å². The van der Waals surface area contributed by atoms with Crippen LogP contribution in [-0.4, -0.2) is 13.8 Å². The molecule has 0 saturated carbocycles. The number of methoxy groups -OCH3 is 1. The molecule has 0 aliphatic rings. The Morgan fingerprint density at radius 2 is 2.21 bits per heavy atom. The Kier molecular flexibility index (Phi) is 3.83. The van der Waals surface area contributed by atoms with Crippen molar-refractivity contribution in [1.29, 1.82) is 0 Å². The van der Waals surface area contributed by atoms with E-state index < -0.39 is 18.5 Å². The predicted molar refractivity (Wildman–Crippen MR) is 50.5 cm³/mol. The summed E-state index contributed by atoms with van der Waals surface area (Å²) in [4.78, 5) is 0. The molecule has 0 spiro atoms. The maximum atomic E-state index is 12.9. The van der Waals surface area contributed by atoms with Crippen LogP contribution in [0.1, 0.15) is 18.0 Å². The summed E-state index contributed by atoms with van der Waals surface area (Å²) in [5.41, 5.74) is 6.17. The quantitative estimate of drug-likeness (QED) is 0.810. The van der Waals surface area contributed by atoms with Crippen molar-refractivity contribution in [3.63, 3.8) is 0 Å². The van der Waals surface area contributed by atoms with E-state index in [2.05, 4.69) is 0 Å². The molecule has 0 aromatic heterocycles. The fourth-order valence-corrected chi connectivity index (χ4v) is 1.27. The van der Waals surface area contributed by atoms with Crippen molar-refractivity contribution in [2.24, 2.45) is 5.73 Å². The van der Waals surface area contributed by atoms with Crippen LogP contribution in [0.4, 0.5) is 8.78 Å². The van der Waals surface area contributed by atoms with Crippen LogP contribution in [0.2, 0.25) is 0 Å². The van der Waals surface area contributed by atoms with Gasteiger partial charge in [-0.25, -0.2) is 4.39 Å². The van der Waals surface area contributed by atoms with Gasteiger partial charge in [0.1, 0.15) is 11.6 Å². The van der Waals surface area contributed by atoms with Crippen LogP contribution in [0, 0.1) is 5.82 Å². The summed E-state index contributed by atoms with van der Waals surface area (Å²) >= 11 is 0. The van der Waals surface area contributed by atoms with Crippen LogP contribution in [0.3, 0.4) is 0 Å². The lowest BCUT2D eigenvalue weighted by Crippen LogP contribution is -2.12. The molecule has 0 radical (unpaired) electrons. The number of alkyl halides is 1. The first kappa shape index (κ1) is 10.9. The molecule has 0 fully saturated rings. The summed E-state index contributed by atoms with van der Waals surface area (Å²) in [5.74, 6) is 0.0995. The Morgan fingerprint density at radius 1 is 1.50 bits per heavy atom. The van der Waals surface area contributed by atoms with Crippen molar-refractivity contribution in [2.75, 3.05) is 13.8 Å². The van der Waals surface area contributed by atoms with Crippen LogP contribution in [0.15, 0.2) is 18.2 Å². The molecule has 0 saturated heterocycles. The molecule has 2 nitrogen and oxygen atoms in total. The number of halogens is 2. The van der Waals surface area contributed by atoms with Gasteiger partial charge in [-0.2, -0.15) is 0 Å². The van der Waals surface area contributed by atoms with Crippen molar-refractivity contribution >= 4 is 0 Å². The van der Waals surface area contributed by atoms with Crippen molar-refractivity contribution in [1.82, 2.24) is 0 Å². The van der Waals surface area contributed by atoms with Gasteiger partial charge in [0.2, 0.25) is 0 Å². The highest BCUT2D eigenvalue weighted by molar-refractivity contribution is 5.36. The van der Waals surface area contributed by atoms with Crippen molar-refractivity contribution in [2.45, 2.75) is 12.5 Å². The zero-order chi connectivity index (χ0) is 10.6. The monoisotopic (exact) mass is 201 g/mol. The molecule has 1 rings (SSSR count). The van der Waals surface area contributed by atoms with Gasteiger partial charge in [0.25, 0.3) is 0 Å². The van der Waals surface area contributed by atoms with E-state index in [-0.39, 0.29) is 6.42 Å². The molecular formula is C10H13F2NO. The Balaban J connectivity index is 2.97. The third-order valence-electron chi connectivity index (χ3n) is 2.01. The number of nitrogens with two attached hydrogens (primary N) is 1. The molecule has 1 aromatic rings. The van der Waals surface area contributed by atoms with Crippen molar-refractivity contribution < 1.29 is 13.5 Å². The average Bonchev–Trinajstić information content (AvgIpc) is 2.18. The highest BCUT2D eigenvalue weighted by atomic mass is 19.1. The van der Waals surface area contributed by atoms with Crippen LogP contribution >= 0.6 is 0 Å². The average molecular weight is 201 g/mol. The molecule has 2 N–H and O–H groups in total. The van der Waals surface area contributed by atoms with Gasteiger partial charge < -0.3 is 10.5 Å². The first-order valence-electron chi connectivity index (χ1n) is 4.34. The van der Waals surface area contributed by atoms with Gasteiger partial charge in [0, 0.05) is 11.6 Å². The second-order valence-electron chi connectivity index (χ2n) is 2.97. The maximum Gasteiger partial charge on any atom is 0.123 e. The molecule has 0 heterocycles. The lowest BCUT2D eigenvalue weighted by molar-refractivity contribution is 0.393. The summed E-state index contributed by atoms with van der Waals surface area (Å²) in [6, 6.07) is 3.53. The van der Waals surface area contributed by atoms with Crippen molar-refractivity contribution in [3.8, 4) is 5.75 Å². The van der Waals surface area contributed by atoms with E-state index in [0.29, 0.717) is 11.3 Å². The van der Waals surface area contributed by atoms with Crippen LogP contribution in [-0.2, 0) is 0 Å². The molecule has 0 aliphatic carbocycles. The van der Waals surface area contributed by atoms with Gasteiger partial charge >= 0.3 is 0 Å². The summed E-state index contributed by atoms with van der Waals surface area (Å²) < 4.78 is 29.9. The standard InChI is InChI=1S/C10H13F2NO/c1-14-10-3-2-7(12)6-8(10)9(13)4-5-11/h2-3,6,9H,4-5,13H2,1H3/t9-/m1/s1. The van der Waals surface area contributed by atoms with Crippen LogP contribution < -0.4 is 10.5 Å². The number of hydrogen-bond acceptors (Lipinski definition) is 2. The Labute approximate surface area is 81.7 Å². The lowest BCUT2D eigenvalue weighted by atomic mass is 10.0. The number of ether oxygens (including phenoxy) is 1. The molecule has 0 amide bonds. The van der Waals surface area contributed by atoms with Crippen LogP contribution in [0.25, 0.3) is 0 Å². The zero-order valence-electron chi connectivity index (χ0n) is 7.97. The highest BCUT2D eigenvalue weighted by Gasteiger charge is 2.12. The minimum atomic E-state index is -0.527. The van der Waals surface area contributed by atoms with Crippen molar-refractivity contribution in [3.05, 3.63) is 29.6 Å². The third kappa shape index (κ3) is 2.42. The first-order chi connectivity index (χ1) is 6.69. The fraction of sp³-hybridized carbons (Fsp3) is 0.400. The maximum absolute atomic E-state index is 12.9. The molecule has 1 atom stereocenters. The van der Waals surface area contributed by atoms with E-state index in [0.717, 1.165) is 0 Å². The smallest absolute Gasteiger partial charge is 0.123 e. The summed E-state index contributed by atoms with van der Waals surface area (Å²) in [7, 11) is 1.47. The summed E-state index contributed by atoms with van der Waals surface area (Å²) in [6.07, 6.45) is 0.166. The van der Waals surface area contributed by atoms with Gasteiger partial charge in [-0.3, -0.25) is 4.39 Å². The first-order valence-corrected chi connectivity index (χ1v) is 4.34. The second kappa shape index (κ2) is 4.91. The molecule has 0 bridgehead atoms. The van der Waals surface area contributed by atoms with E-state index in [1.54, 1.807) is 0 Å². The largest absolute Gasteiger partial charge is 0.496 e. The minimum Gasteiger partial charge on any atom is -0.496 e. The fourth-order valence-electron chi connectivity index (χ4n) is 1.27. The van der Waals surface area contributed by atoms with E-state index in [9.17, 15) is 8.78 Å². The lowest BCUT2D eigenvalue weighted by Gasteiger charge is -2.14. The number of benzene rings is 1. The molecule has 4 heteroatoms. The molecule has 0 aliphatic heterocycles. The topological polar surface area (TPSA) is 35.2 Å². The molecule has 0 unspecified atom stereocenters. The number of rotatable bonds is 4. The predicted octanol–water partition coefficient (Wildman–Crippen LogP) is 2.19. The Morgan fingerprint density at radius 3 is 2.79 bits per heavy atom. The van der Waals surface area contributed by atoms with Gasteiger partial charge in [0.15, 0.2) is 0 Å². The highest BCUT2D eigenvalue weighted by Crippen LogP contribution is 2.26. The molecule has 78 valence electrons.